The van der Waals surface area contributed by atoms with E-state index in [1.165, 1.54) is 31.4 Å². The number of carbonyl (C=O) groups excluding carboxylic acids is 1. The quantitative estimate of drug-likeness (QED) is 0.265. The summed E-state index contributed by atoms with van der Waals surface area (Å²) in [5.74, 6) is -2.33. The van der Waals surface area contributed by atoms with Gasteiger partial charge in [0.25, 0.3) is 5.92 Å². The second kappa shape index (κ2) is 14.7. The normalized spacial score (nSPS) is 23.8. The molecule has 0 spiro atoms. The first-order valence-electron chi connectivity index (χ1n) is 16.7. The Balaban J connectivity index is 1.18. The minimum Gasteiger partial charge on any atom is -0.493 e. The van der Waals surface area contributed by atoms with Gasteiger partial charge in [-0.15, -0.1) is 0 Å². The number of likely N-dealkylation sites (tertiary alicyclic amines) is 1. The summed E-state index contributed by atoms with van der Waals surface area (Å²) in [7, 11) is -4.17. The number of benzene rings is 3. The molecule has 3 fully saturated rings. The van der Waals surface area contributed by atoms with E-state index >= 15 is 0 Å². The van der Waals surface area contributed by atoms with Crippen molar-refractivity contribution in [3.8, 4) is 22.6 Å². The maximum absolute atomic E-state index is 14.6. The van der Waals surface area contributed by atoms with E-state index in [4.69, 9.17) is 26.8 Å². The summed E-state index contributed by atoms with van der Waals surface area (Å²) in [5.41, 5.74) is 7.58. The van der Waals surface area contributed by atoms with Crippen molar-refractivity contribution < 1.29 is 31.5 Å². The SMILES string of the molecule is NC1CCN(C(=O)[C@H]2C[C@@H](Oc3ccc(-c4ccc(Cl)cc4)cc3)CCN2S(=O)(=O)c2ccc(OCC3CCCCC3)cc2)CC1(F)F. The van der Waals surface area contributed by atoms with Gasteiger partial charge in [-0.2, -0.15) is 4.31 Å². The van der Waals surface area contributed by atoms with E-state index in [1.807, 2.05) is 48.5 Å². The first kappa shape index (κ1) is 34.6. The van der Waals surface area contributed by atoms with Crippen molar-refractivity contribution in [2.75, 3.05) is 26.2 Å². The van der Waals surface area contributed by atoms with Crippen LogP contribution in [0.15, 0.2) is 77.7 Å². The van der Waals surface area contributed by atoms with Gasteiger partial charge in [-0.05, 0) is 91.3 Å². The molecule has 0 bridgehead atoms. The smallest absolute Gasteiger partial charge is 0.280 e. The summed E-state index contributed by atoms with van der Waals surface area (Å²) < 4.78 is 70.7. The minimum absolute atomic E-state index is 0.00765. The van der Waals surface area contributed by atoms with Gasteiger partial charge in [0.05, 0.1) is 24.1 Å². The summed E-state index contributed by atoms with van der Waals surface area (Å²) in [6.45, 7) is -0.271. The van der Waals surface area contributed by atoms with Crippen LogP contribution in [-0.2, 0) is 14.8 Å². The summed E-state index contributed by atoms with van der Waals surface area (Å²) in [6.07, 6.45) is 5.63. The van der Waals surface area contributed by atoms with E-state index in [0.29, 0.717) is 35.5 Å². The predicted octanol–water partition coefficient (Wildman–Crippen LogP) is 6.76. The lowest BCUT2D eigenvalue weighted by atomic mass is 9.90. The van der Waals surface area contributed by atoms with Gasteiger partial charge in [-0.1, -0.05) is 55.1 Å². The number of nitrogens with two attached hydrogens (primary N) is 1. The number of hydrogen-bond donors (Lipinski definition) is 1. The molecule has 3 aliphatic rings. The molecule has 48 heavy (non-hydrogen) atoms. The Kier molecular flexibility index (Phi) is 10.6. The molecule has 1 aliphatic carbocycles. The highest BCUT2D eigenvalue weighted by Gasteiger charge is 2.48. The molecule has 12 heteroatoms. The van der Waals surface area contributed by atoms with Gasteiger partial charge < -0.3 is 20.1 Å². The lowest BCUT2D eigenvalue weighted by Gasteiger charge is -2.42. The zero-order valence-corrected chi connectivity index (χ0v) is 28.4. The Bertz CT molecular complexity index is 1650. The molecule has 0 aromatic heterocycles. The maximum Gasteiger partial charge on any atom is 0.280 e. The fourth-order valence-corrected chi connectivity index (χ4v) is 8.59. The molecular formula is C36H42ClF2N3O5S. The van der Waals surface area contributed by atoms with Crippen molar-refractivity contribution in [1.29, 1.82) is 0 Å². The first-order chi connectivity index (χ1) is 23.0. The number of hydrogen-bond acceptors (Lipinski definition) is 6. The zero-order valence-electron chi connectivity index (χ0n) is 26.8. The maximum atomic E-state index is 14.6. The van der Waals surface area contributed by atoms with E-state index in [-0.39, 0.29) is 30.8 Å². The summed E-state index contributed by atoms with van der Waals surface area (Å²) >= 11 is 6.02. The van der Waals surface area contributed by atoms with E-state index < -0.39 is 46.6 Å². The fourth-order valence-electron chi connectivity index (χ4n) is 6.86. The van der Waals surface area contributed by atoms with Crippen LogP contribution in [0.1, 0.15) is 51.4 Å². The highest BCUT2D eigenvalue weighted by Crippen LogP contribution is 2.34. The van der Waals surface area contributed by atoms with Crippen LogP contribution in [0.3, 0.4) is 0 Å². The number of ether oxygens (including phenoxy) is 2. The van der Waals surface area contributed by atoms with Gasteiger partial charge in [0.1, 0.15) is 23.6 Å². The second-order valence-electron chi connectivity index (χ2n) is 13.1. The molecule has 3 aromatic rings. The Hall–Kier alpha value is -3.25. The van der Waals surface area contributed by atoms with Gasteiger partial charge in [0.15, 0.2) is 0 Å². The number of amides is 1. The molecule has 2 heterocycles. The van der Waals surface area contributed by atoms with E-state index in [2.05, 4.69) is 0 Å². The highest BCUT2D eigenvalue weighted by atomic mass is 35.5. The van der Waals surface area contributed by atoms with Crippen LogP contribution in [0.4, 0.5) is 8.78 Å². The van der Waals surface area contributed by atoms with Crippen molar-refractivity contribution in [3.05, 3.63) is 77.8 Å². The van der Waals surface area contributed by atoms with Crippen LogP contribution >= 0.6 is 11.6 Å². The van der Waals surface area contributed by atoms with Gasteiger partial charge in [0, 0.05) is 24.5 Å². The van der Waals surface area contributed by atoms with Crippen molar-refractivity contribution in [3.63, 3.8) is 0 Å². The number of alkyl halides is 2. The molecule has 2 aliphatic heterocycles. The van der Waals surface area contributed by atoms with E-state index in [9.17, 15) is 22.0 Å². The van der Waals surface area contributed by atoms with Crippen LogP contribution < -0.4 is 15.2 Å². The van der Waals surface area contributed by atoms with Crippen molar-refractivity contribution in [1.82, 2.24) is 9.21 Å². The number of carbonyl (C=O) groups is 1. The Labute approximate surface area is 286 Å². The molecule has 258 valence electrons. The average molecular weight is 702 g/mol. The fraction of sp³-hybridized carbons (Fsp3) is 0.472. The molecular weight excluding hydrogens is 660 g/mol. The molecule has 0 radical (unpaired) electrons. The molecule has 1 unspecified atom stereocenters. The van der Waals surface area contributed by atoms with Crippen molar-refractivity contribution in [2.45, 2.75) is 80.4 Å². The number of halogens is 3. The second-order valence-corrected chi connectivity index (χ2v) is 15.5. The molecule has 3 aromatic carbocycles. The Morgan fingerprint density at radius 2 is 1.48 bits per heavy atom. The van der Waals surface area contributed by atoms with Crippen molar-refractivity contribution >= 4 is 27.5 Å². The molecule has 2 saturated heterocycles. The van der Waals surface area contributed by atoms with Gasteiger partial charge in [0.2, 0.25) is 15.9 Å². The Morgan fingerprint density at radius 3 is 2.12 bits per heavy atom. The monoisotopic (exact) mass is 701 g/mol. The third-order valence-corrected chi connectivity index (χ3v) is 11.9. The standard InChI is InChI=1S/C36H42ClF2N3O5S/c37-28-10-6-26(7-11-28)27-8-12-30(13-9-27)47-31-18-21-42(33(22-31)35(43)41-20-19-34(40)36(38,39)24-41)48(44,45)32-16-14-29(15-17-32)46-23-25-4-2-1-3-5-25/h6-17,25,31,33-34H,1-5,18-24,40H2/t31-,33+,34?/m0/s1. The third kappa shape index (κ3) is 7.96. The number of sulfonamides is 1. The predicted molar refractivity (Wildman–Crippen MR) is 181 cm³/mol. The van der Waals surface area contributed by atoms with Crippen molar-refractivity contribution in [2.24, 2.45) is 11.7 Å². The van der Waals surface area contributed by atoms with Gasteiger partial charge in [-0.25, -0.2) is 17.2 Å². The molecule has 2 N–H and O–H groups in total. The van der Waals surface area contributed by atoms with Crippen LogP contribution in [-0.4, -0.2) is 73.9 Å². The lowest BCUT2D eigenvalue weighted by Crippen LogP contribution is -2.62. The number of piperidine rings is 2. The minimum atomic E-state index is -4.17. The molecule has 6 rings (SSSR count). The summed E-state index contributed by atoms with van der Waals surface area (Å²) in [4.78, 5) is 15.0. The summed E-state index contributed by atoms with van der Waals surface area (Å²) in [5, 5.41) is 0.642. The number of rotatable bonds is 9. The highest BCUT2D eigenvalue weighted by molar-refractivity contribution is 7.89. The van der Waals surface area contributed by atoms with Gasteiger partial charge in [-0.3, -0.25) is 4.79 Å². The topological polar surface area (TPSA) is 102 Å². The zero-order chi connectivity index (χ0) is 33.9. The van der Waals surface area contributed by atoms with Crippen LogP contribution in [0.25, 0.3) is 11.1 Å². The number of nitrogens with zero attached hydrogens (tertiary/aromatic N) is 2. The van der Waals surface area contributed by atoms with E-state index in [1.54, 1.807) is 12.1 Å². The largest absolute Gasteiger partial charge is 0.493 e. The molecule has 1 saturated carbocycles. The van der Waals surface area contributed by atoms with Gasteiger partial charge >= 0.3 is 0 Å². The third-order valence-electron chi connectivity index (χ3n) is 9.73. The lowest BCUT2D eigenvalue weighted by molar-refractivity contribution is -0.149. The van der Waals surface area contributed by atoms with Crippen LogP contribution in [0, 0.1) is 5.92 Å². The molecule has 3 atom stereocenters. The summed E-state index contributed by atoms with van der Waals surface area (Å²) in [6, 6.07) is 18.5. The Morgan fingerprint density at radius 1 is 0.854 bits per heavy atom. The first-order valence-corrected chi connectivity index (χ1v) is 18.5. The average Bonchev–Trinajstić information content (AvgIpc) is 3.09. The molecule has 8 nitrogen and oxygen atoms in total. The molecule has 1 amide bonds. The van der Waals surface area contributed by atoms with E-state index in [0.717, 1.165) is 33.2 Å². The van der Waals surface area contributed by atoms with Crippen LogP contribution in [0.2, 0.25) is 5.02 Å². The van der Waals surface area contributed by atoms with Crippen LogP contribution in [0.5, 0.6) is 11.5 Å².